The Hall–Kier alpha value is -3.61. The lowest BCUT2D eigenvalue weighted by Gasteiger charge is -2.19. The maximum absolute atomic E-state index is 13.2. The first-order valence-electron chi connectivity index (χ1n) is 10.1. The Morgan fingerprint density at radius 1 is 1.16 bits per heavy atom. The van der Waals surface area contributed by atoms with Crippen LogP contribution < -0.4 is 9.47 Å². The normalized spacial score (nSPS) is 12.5. The van der Waals surface area contributed by atoms with Crippen LogP contribution in [0.1, 0.15) is 29.4 Å². The molecule has 7 heteroatoms. The highest BCUT2D eigenvalue weighted by atomic mass is 19.1. The lowest BCUT2D eigenvalue weighted by atomic mass is 10.1. The number of benzene rings is 2. The third kappa shape index (κ3) is 4.30. The molecular formula is C24H24FN3O3. The van der Waals surface area contributed by atoms with Gasteiger partial charge in [-0.25, -0.2) is 9.07 Å². The predicted octanol–water partition coefficient (Wildman–Crippen LogP) is 4.42. The average Bonchev–Trinajstić information content (AvgIpc) is 3.34. The van der Waals surface area contributed by atoms with Crippen molar-refractivity contribution in [3.8, 4) is 17.2 Å². The maximum Gasteiger partial charge on any atom is 0.246 e. The van der Waals surface area contributed by atoms with Crippen molar-refractivity contribution < 1.29 is 18.7 Å². The Morgan fingerprint density at radius 2 is 1.90 bits per heavy atom. The highest BCUT2D eigenvalue weighted by molar-refractivity contribution is 5.92. The van der Waals surface area contributed by atoms with E-state index in [-0.39, 0.29) is 18.5 Å². The molecule has 0 bridgehead atoms. The summed E-state index contributed by atoms with van der Waals surface area (Å²) in [5.41, 5.74) is 4.30. The Kier molecular flexibility index (Phi) is 5.75. The number of hydrogen-bond donors (Lipinski definition) is 0. The fourth-order valence-electron chi connectivity index (χ4n) is 3.59. The van der Waals surface area contributed by atoms with Crippen LogP contribution in [0.3, 0.4) is 0 Å². The van der Waals surface area contributed by atoms with Crippen molar-refractivity contribution in [3.63, 3.8) is 0 Å². The van der Waals surface area contributed by atoms with E-state index in [1.807, 2.05) is 39.0 Å². The van der Waals surface area contributed by atoms with Crippen LogP contribution in [-0.4, -0.2) is 33.9 Å². The van der Waals surface area contributed by atoms with E-state index in [9.17, 15) is 9.18 Å². The molecule has 0 radical (unpaired) electrons. The van der Waals surface area contributed by atoms with Crippen LogP contribution >= 0.6 is 0 Å². The molecular weight excluding hydrogens is 397 g/mol. The van der Waals surface area contributed by atoms with Gasteiger partial charge in [-0.15, -0.1) is 0 Å². The molecule has 1 amide bonds. The summed E-state index contributed by atoms with van der Waals surface area (Å²) in [7, 11) is 0. The lowest BCUT2D eigenvalue weighted by molar-refractivity contribution is -0.126. The van der Waals surface area contributed by atoms with Gasteiger partial charge in [0, 0.05) is 30.4 Å². The minimum absolute atomic E-state index is 0.0894. The summed E-state index contributed by atoms with van der Waals surface area (Å²) in [5.74, 6) is 1.05. The van der Waals surface area contributed by atoms with Crippen molar-refractivity contribution >= 4 is 12.0 Å². The molecule has 3 aromatic rings. The summed E-state index contributed by atoms with van der Waals surface area (Å²) in [6.45, 7) is 7.04. The molecule has 0 unspecified atom stereocenters. The molecule has 2 aromatic carbocycles. The van der Waals surface area contributed by atoms with E-state index >= 15 is 0 Å². The van der Waals surface area contributed by atoms with Gasteiger partial charge in [-0.1, -0.05) is 6.07 Å². The van der Waals surface area contributed by atoms with Crippen molar-refractivity contribution in [2.75, 3.05) is 13.3 Å². The minimum atomic E-state index is -0.293. The van der Waals surface area contributed by atoms with E-state index in [1.54, 1.807) is 33.9 Å². The number of likely N-dealkylation sites (N-methyl/N-ethyl adjacent to an activating group) is 1. The number of rotatable bonds is 6. The zero-order chi connectivity index (χ0) is 22.0. The molecule has 0 saturated heterocycles. The Balaban J connectivity index is 1.50. The summed E-state index contributed by atoms with van der Waals surface area (Å²) in [6, 6.07) is 11.9. The number of halogens is 1. The first kappa shape index (κ1) is 20.7. The lowest BCUT2D eigenvalue weighted by Crippen LogP contribution is -2.28. The van der Waals surface area contributed by atoms with Crippen LogP contribution in [0.15, 0.2) is 48.5 Å². The maximum atomic E-state index is 13.2. The third-order valence-electron chi connectivity index (χ3n) is 5.31. The van der Waals surface area contributed by atoms with Crippen molar-refractivity contribution in [1.82, 2.24) is 14.7 Å². The Labute approximate surface area is 180 Å². The van der Waals surface area contributed by atoms with Gasteiger partial charge < -0.3 is 14.4 Å². The van der Waals surface area contributed by atoms with Gasteiger partial charge in [0.25, 0.3) is 0 Å². The van der Waals surface area contributed by atoms with Gasteiger partial charge in [0.15, 0.2) is 11.5 Å². The van der Waals surface area contributed by atoms with Gasteiger partial charge in [0.05, 0.1) is 11.4 Å². The van der Waals surface area contributed by atoms with Crippen LogP contribution in [-0.2, 0) is 11.3 Å². The summed E-state index contributed by atoms with van der Waals surface area (Å²) in [6.07, 6.45) is 3.37. The van der Waals surface area contributed by atoms with E-state index in [1.165, 1.54) is 12.1 Å². The van der Waals surface area contributed by atoms with E-state index in [2.05, 4.69) is 5.10 Å². The minimum Gasteiger partial charge on any atom is -0.454 e. The Bertz CT molecular complexity index is 1140. The third-order valence-corrected chi connectivity index (χ3v) is 5.31. The SMILES string of the molecule is CCN(Cc1ccc2c(c1)OCO2)C(=O)/C=C/c1c(C)nn(-c2ccc(F)cc2)c1C. The molecule has 0 aliphatic carbocycles. The summed E-state index contributed by atoms with van der Waals surface area (Å²) in [5, 5.41) is 4.55. The number of fused-ring (bicyclic) bond motifs is 1. The van der Waals surface area contributed by atoms with Crippen molar-refractivity contribution in [2.45, 2.75) is 27.3 Å². The molecule has 31 heavy (non-hydrogen) atoms. The van der Waals surface area contributed by atoms with E-state index in [0.717, 1.165) is 34.0 Å². The second-order valence-corrected chi connectivity index (χ2v) is 7.35. The van der Waals surface area contributed by atoms with Gasteiger partial charge in [-0.05, 0) is 68.8 Å². The number of aromatic nitrogens is 2. The second kappa shape index (κ2) is 8.63. The first-order valence-corrected chi connectivity index (χ1v) is 10.1. The number of amides is 1. The first-order chi connectivity index (χ1) is 15.0. The highest BCUT2D eigenvalue weighted by Gasteiger charge is 2.16. The van der Waals surface area contributed by atoms with Crippen LogP contribution in [0.4, 0.5) is 4.39 Å². The number of nitrogens with zero attached hydrogens (tertiary/aromatic N) is 3. The quantitative estimate of drug-likeness (QED) is 0.553. The van der Waals surface area contributed by atoms with Crippen LogP contribution in [0.25, 0.3) is 11.8 Å². The van der Waals surface area contributed by atoms with Crippen LogP contribution in [0.5, 0.6) is 11.5 Å². The molecule has 1 aliphatic heterocycles. The molecule has 0 N–H and O–H groups in total. The predicted molar refractivity (Wildman–Crippen MR) is 116 cm³/mol. The van der Waals surface area contributed by atoms with Gasteiger partial charge >= 0.3 is 0 Å². The molecule has 0 spiro atoms. The summed E-state index contributed by atoms with van der Waals surface area (Å²) < 4.78 is 25.7. The molecule has 1 aliphatic rings. The number of aryl methyl sites for hydroxylation is 1. The zero-order valence-corrected chi connectivity index (χ0v) is 17.8. The monoisotopic (exact) mass is 421 g/mol. The van der Waals surface area contributed by atoms with Crippen LogP contribution in [0, 0.1) is 19.7 Å². The molecule has 4 rings (SSSR count). The number of ether oxygens (including phenoxy) is 2. The summed E-state index contributed by atoms with van der Waals surface area (Å²) in [4.78, 5) is 14.6. The average molecular weight is 421 g/mol. The van der Waals surface area contributed by atoms with Gasteiger partial charge in [0.1, 0.15) is 5.82 Å². The van der Waals surface area contributed by atoms with Crippen molar-refractivity contribution in [1.29, 1.82) is 0 Å². The molecule has 1 aromatic heterocycles. The van der Waals surface area contributed by atoms with Crippen LogP contribution in [0.2, 0.25) is 0 Å². The van der Waals surface area contributed by atoms with E-state index < -0.39 is 0 Å². The van der Waals surface area contributed by atoms with Crippen molar-refractivity contribution in [3.05, 3.63) is 76.9 Å². The van der Waals surface area contributed by atoms with E-state index in [4.69, 9.17) is 9.47 Å². The van der Waals surface area contributed by atoms with Gasteiger partial charge in [-0.3, -0.25) is 4.79 Å². The molecule has 0 fully saturated rings. The molecule has 160 valence electrons. The van der Waals surface area contributed by atoms with Crippen molar-refractivity contribution in [2.24, 2.45) is 0 Å². The second-order valence-electron chi connectivity index (χ2n) is 7.35. The fraction of sp³-hybridized carbons (Fsp3) is 0.250. The van der Waals surface area contributed by atoms with Gasteiger partial charge in [-0.2, -0.15) is 5.10 Å². The molecule has 0 saturated carbocycles. The van der Waals surface area contributed by atoms with E-state index in [0.29, 0.717) is 18.8 Å². The standard InChI is InChI=1S/C24H24FN3O3/c1-4-27(14-18-5-11-22-23(13-18)31-15-30-22)24(29)12-10-21-16(2)26-28(17(21)3)20-8-6-19(25)7-9-20/h5-13H,4,14-15H2,1-3H3/b12-10+. The molecule has 2 heterocycles. The summed E-state index contributed by atoms with van der Waals surface area (Å²) >= 11 is 0. The number of carbonyl (C=O) groups is 1. The smallest absolute Gasteiger partial charge is 0.246 e. The number of hydrogen-bond acceptors (Lipinski definition) is 4. The molecule has 6 nitrogen and oxygen atoms in total. The number of carbonyl (C=O) groups excluding carboxylic acids is 1. The zero-order valence-electron chi connectivity index (χ0n) is 17.8. The molecule has 0 atom stereocenters. The highest BCUT2D eigenvalue weighted by Crippen LogP contribution is 2.32. The fourth-order valence-corrected chi connectivity index (χ4v) is 3.59. The largest absolute Gasteiger partial charge is 0.454 e. The Morgan fingerprint density at radius 3 is 2.65 bits per heavy atom. The topological polar surface area (TPSA) is 56.6 Å². The van der Waals surface area contributed by atoms with Gasteiger partial charge in [0.2, 0.25) is 12.7 Å².